The van der Waals surface area contributed by atoms with Crippen LogP contribution in [-0.2, 0) is 0 Å². The number of hydrogen-bond donors (Lipinski definition) is 0. The van der Waals surface area contributed by atoms with E-state index in [-0.39, 0.29) is 0 Å². The van der Waals surface area contributed by atoms with Gasteiger partial charge in [-0.3, -0.25) is 0 Å². The molecule has 0 saturated carbocycles. The molecule has 9 heavy (non-hydrogen) atoms. The summed E-state index contributed by atoms with van der Waals surface area (Å²) in [5.41, 5.74) is 1.20. The highest BCUT2D eigenvalue weighted by Crippen LogP contribution is 1.89. The lowest BCUT2D eigenvalue weighted by Crippen LogP contribution is -1.88. The maximum atomic E-state index is 4.08. The highest BCUT2D eigenvalue weighted by molar-refractivity contribution is 5.93. The molecular formula is C7H15N2+. The summed E-state index contributed by atoms with van der Waals surface area (Å²) in [5, 5.41) is 4.08. The summed E-state index contributed by atoms with van der Waals surface area (Å²) in [7, 11) is 1.94. The first-order chi connectivity index (χ1) is 4.29. The molecule has 0 aromatic heterocycles. The van der Waals surface area contributed by atoms with Crippen LogP contribution in [0.2, 0.25) is 0 Å². The van der Waals surface area contributed by atoms with Crippen molar-refractivity contribution in [2.75, 3.05) is 7.05 Å². The summed E-state index contributed by atoms with van der Waals surface area (Å²) in [5.74, 6) is 0. The number of hydrogen-bond acceptors (Lipinski definition) is 1. The maximum absolute atomic E-state index is 4.08. The van der Waals surface area contributed by atoms with Gasteiger partial charge in [0, 0.05) is 0 Å². The molecule has 2 heteroatoms. The minimum Gasteiger partial charge on any atom is -0.0977 e. The van der Waals surface area contributed by atoms with Crippen LogP contribution in [0.1, 0.15) is 27.2 Å². The van der Waals surface area contributed by atoms with Crippen molar-refractivity contribution in [2.24, 2.45) is 5.10 Å². The molecule has 2 nitrogen and oxygen atoms in total. The standard InChI is InChI=1S/C5H9N2.C2H6/c1-5-3-4-7(2)6-5;1-2/h4H,3H2,1-2H3;1-2H3/q+1;. The summed E-state index contributed by atoms with van der Waals surface area (Å²) in [6.07, 6.45) is 3.08. The lowest BCUT2D eigenvalue weighted by atomic mass is 10.3. The van der Waals surface area contributed by atoms with Crippen LogP contribution in [0.25, 0.3) is 0 Å². The van der Waals surface area contributed by atoms with E-state index in [1.807, 2.05) is 32.5 Å². The molecule has 0 atom stereocenters. The van der Waals surface area contributed by atoms with Crippen molar-refractivity contribution in [1.29, 1.82) is 0 Å². The highest BCUT2D eigenvalue weighted by atomic mass is 15.4. The zero-order valence-electron chi connectivity index (χ0n) is 6.68. The third-order valence-electron chi connectivity index (χ3n) is 0.979. The zero-order chi connectivity index (χ0) is 7.28. The first-order valence-electron chi connectivity index (χ1n) is 3.39. The lowest BCUT2D eigenvalue weighted by molar-refractivity contribution is -0.494. The van der Waals surface area contributed by atoms with Gasteiger partial charge in [-0.1, -0.05) is 18.5 Å². The average molecular weight is 127 g/mol. The zero-order valence-corrected chi connectivity index (χ0v) is 6.68. The first kappa shape index (κ1) is 8.34. The third kappa shape index (κ3) is 3.01. The highest BCUT2D eigenvalue weighted by Gasteiger charge is 2.04. The predicted octanol–water partition coefficient (Wildman–Crippen LogP) is 1.51. The van der Waals surface area contributed by atoms with Gasteiger partial charge in [-0.15, -0.1) is 0 Å². The van der Waals surface area contributed by atoms with E-state index in [1.165, 1.54) is 5.71 Å². The molecule has 0 radical (unpaired) electrons. The second-order valence-corrected chi connectivity index (χ2v) is 1.80. The Morgan fingerprint density at radius 3 is 2.22 bits per heavy atom. The molecule has 0 saturated heterocycles. The molecule has 0 fully saturated rings. The third-order valence-corrected chi connectivity index (χ3v) is 0.979. The van der Waals surface area contributed by atoms with E-state index < -0.39 is 0 Å². The SMILES string of the molecule is CC.CC1=N[N+](C)=CC1. The molecule has 0 unspecified atom stereocenters. The molecule has 0 aromatic carbocycles. The van der Waals surface area contributed by atoms with Gasteiger partial charge < -0.3 is 0 Å². The topological polar surface area (TPSA) is 15.4 Å². The summed E-state index contributed by atoms with van der Waals surface area (Å²) in [6, 6.07) is 0. The lowest BCUT2D eigenvalue weighted by Gasteiger charge is -1.71. The smallest absolute Gasteiger partial charge is 0.0977 e. The Bertz CT molecular complexity index is 134. The van der Waals surface area contributed by atoms with Crippen LogP contribution in [-0.4, -0.2) is 23.7 Å². The molecule has 0 N–H and O–H groups in total. The number of rotatable bonds is 0. The Hall–Kier alpha value is -0.660. The van der Waals surface area contributed by atoms with Crippen molar-refractivity contribution in [3.8, 4) is 0 Å². The Labute approximate surface area is 56.9 Å². The van der Waals surface area contributed by atoms with E-state index in [4.69, 9.17) is 0 Å². The van der Waals surface area contributed by atoms with Crippen molar-refractivity contribution in [1.82, 2.24) is 0 Å². The van der Waals surface area contributed by atoms with E-state index >= 15 is 0 Å². The van der Waals surface area contributed by atoms with E-state index in [2.05, 4.69) is 11.3 Å². The van der Waals surface area contributed by atoms with Crippen LogP contribution in [0.3, 0.4) is 0 Å². The van der Waals surface area contributed by atoms with Crippen LogP contribution in [0, 0.1) is 0 Å². The Morgan fingerprint density at radius 2 is 2.11 bits per heavy atom. The fourth-order valence-corrected chi connectivity index (χ4v) is 0.615. The van der Waals surface area contributed by atoms with Crippen molar-refractivity contribution in [3.05, 3.63) is 0 Å². The molecule has 0 aromatic rings. The van der Waals surface area contributed by atoms with Gasteiger partial charge in [0.05, 0.1) is 12.1 Å². The van der Waals surface area contributed by atoms with Crippen LogP contribution < -0.4 is 0 Å². The van der Waals surface area contributed by atoms with E-state index in [0.717, 1.165) is 6.42 Å². The largest absolute Gasteiger partial charge is 0.178 e. The van der Waals surface area contributed by atoms with Crippen LogP contribution >= 0.6 is 0 Å². The number of hydrazone groups is 1. The van der Waals surface area contributed by atoms with Gasteiger partial charge in [0.25, 0.3) is 0 Å². The molecule has 52 valence electrons. The number of nitrogens with zero attached hydrogens (tertiary/aromatic N) is 2. The van der Waals surface area contributed by atoms with Gasteiger partial charge in [0.1, 0.15) is 0 Å². The van der Waals surface area contributed by atoms with E-state index in [0.29, 0.717) is 0 Å². The van der Waals surface area contributed by atoms with Gasteiger partial charge in [0.15, 0.2) is 13.3 Å². The molecule has 1 aliphatic heterocycles. The van der Waals surface area contributed by atoms with E-state index in [1.54, 1.807) is 0 Å². The van der Waals surface area contributed by atoms with Crippen LogP contribution in [0.4, 0.5) is 0 Å². The van der Waals surface area contributed by atoms with Crippen molar-refractivity contribution >= 4 is 11.9 Å². The average Bonchev–Trinajstić information content (AvgIpc) is 2.20. The quantitative estimate of drug-likeness (QED) is 0.438. The fraction of sp³-hybridized carbons (Fsp3) is 0.714. The second-order valence-electron chi connectivity index (χ2n) is 1.80. The van der Waals surface area contributed by atoms with Gasteiger partial charge in [-0.05, 0) is 12.0 Å². The second kappa shape index (κ2) is 4.24. The molecule has 1 aliphatic rings. The van der Waals surface area contributed by atoms with Crippen molar-refractivity contribution < 1.29 is 4.68 Å². The molecule has 1 rings (SSSR count). The first-order valence-corrected chi connectivity index (χ1v) is 3.39. The van der Waals surface area contributed by atoms with Gasteiger partial charge >= 0.3 is 0 Å². The Kier molecular flexibility index (Phi) is 3.93. The molecule has 0 amide bonds. The Morgan fingerprint density at radius 1 is 1.56 bits per heavy atom. The molecule has 1 heterocycles. The predicted molar refractivity (Wildman–Crippen MR) is 41.3 cm³/mol. The molecule has 0 bridgehead atoms. The van der Waals surface area contributed by atoms with Gasteiger partial charge in [0.2, 0.25) is 0 Å². The van der Waals surface area contributed by atoms with Crippen LogP contribution in [0.5, 0.6) is 0 Å². The van der Waals surface area contributed by atoms with Crippen molar-refractivity contribution in [2.45, 2.75) is 27.2 Å². The minimum absolute atomic E-state index is 1.02. The van der Waals surface area contributed by atoms with Crippen LogP contribution in [0.15, 0.2) is 5.10 Å². The Balaban J connectivity index is 0.000000291. The minimum atomic E-state index is 1.02. The van der Waals surface area contributed by atoms with E-state index in [9.17, 15) is 0 Å². The molecule has 0 spiro atoms. The molecular weight excluding hydrogens is 112 g/mol. The summed E-state index contributed by atoms with van der Waals surface area (Å²) in [6.45, 7) is 6.03. The summed E-state index contributed by atoms with van der Waals surface area (Å²) >= 11 is 0. The normalized spacial score (nSPS) is 15.6. The fourth-order valence-electron chi connectivity index (χ4n) is 0.615. The van der Waals surface area contributed by atoms with Gasteiger partial charge in [-0.25, -0.2) is 0 Å². The summed E-state index contributed by atoms with van der Waals surface area (Å²) < 4.78 is 1.84. The van der Waals surface area contributed by atoms with Crippen molar-refractivity contribution in [3.63, 3.8) is 0 Å². The maximum Gasteiger partial charge on any atom is 0.178 e. The summed E-state index contributed by atoms with van der Waals surface area (Å²) in [4.78, 5) is 0. The monoisotopic (exact) mass is 127 g/mol. The molecule has 0 aliphatic carbocycles. The van der Waals surface area contributed by atoms with Gasteiger partial charge in [-0.2, -0.15) is 0 Å².